The third-order valence-corrected chi connectivity index (χ3v) is 10.2. The Balaban J connectivity index is 1.30. The van der Waals surface area contributed by atoms with Crippen LogP contribution in [-0.2, 0) is 14.3 Å². The molecule has 3 heterocycles. The highest BCUT2D eigenvalue weighted by Crippen LogP contribution is 2.52. The van der Waals surface area contributed by atoms with Crippen LogP contribution in [0.5, 0.6) is 11.5 Å². The van der Waals surface area contributed by atoms with E-state index in [0.717, 1.165) is 22.4 Å². The molecule has 0 saturated carbocycles. The van der Waals surface area contributed by atoms with Crippen molar-refractivity contribution in [3.05, 3.63) is 86.8 Å². The maximum Gasteiger partial charge on any atom is 0.488 e. The van der Waals surface area contributed by atoms with Gasteiger partial charge in [-0.1, -0.05) is 37.6 Å². The maximum atomic E-state index is 14.0. The van der Waals surface area contributed by atoms with Gasteiger partial charge in [0.1, 0.15) is 0 Å². The van der Waals surface area contributed by atoms with E-state index < -0.39 is 19.0 Å². The number of methoxy groups -OCH3 is 1. The van der Waals surface area contributed by atoms with Gasteiger partial charge in [-0.25, -0.2) is 0 Å². The predicted octanol–water partition coefficient (Wildman–Crippen LogP) is 4.58. The summed E-state index contributed by atoms with van der Waals surface area (Å²) in [6.07, 6.45) is 5.41. The van der Waals surface area contributed by atoms with Gasteiger partial charge in [-0.3, -0.25) is 19.5 Å². The van der Waals surface area contributed by atoms with E-state index in [4.69, 9.17) is 9.47 Å². The number of amides is 2. The fourth-order valence-corrected chi connectivity index (χ4v) is 7.81. The van der Waals surface area contributed by atoms with Gasteiger partial charge in [0.25, 0.3) is 0 Å². The number of aromatic nitrogens is 1. The predicted molar refractivity (Wildman–Crippen MR) is 184 cm³/mol. The van der Waals surface area contributed by atoms with Crippen LogP contribution in [-0.4, -0.2) is 58.9 Å². The second kappa shape index (κ2) is 13.3. The molecule has 46 heavy (non-hydrogen) atoms. The molecule has 3 aliphatic rings. The summed E-state index contributed by atoms with van der Waals surface area (Å²) in [6, 6.07) is 15.8. The lowest BCUT2D eigenvalue weighted by Crippen LogP contribution is -2.36. The topological polar surface area (TPSA) is 129 Å². The lowest BCUT2D eigenvalue weighted by Gasteiger charge is -2.33. The van der Waals surface area contributed by atoms with Gasteiger partial charge < -0.3 is 24.6 Å². The molecular weight excluding hydrogens is 698 g/mol. The minimum atomic E-state index is -1.70. The third kappa shape index (κ3) is 6.01. The lowest BCUT2D eigenvalue weighted by molar-refractivity contribution is -0.122. The number of phenols is 1. The number of halogens is 1. The van der Waals surface area contributed by atoms with Gasteiger partial charge in [0.05, 0.1) is 46.6 Å². The first-order valence-corrected chi connectivity index (χ1v) is 16.5. The van der Waals surface area contributed by atoms with Gasteiger partial charge in [0.15, 0.2) is 11.5 Å². The second-order valence-electron chi connectivity index (χ2n) is 12.4. The van der Waals surface area contributed by atoms with Crippen molar-refractivity contribution in [2.24, 2.45) is 23.7 Å². The second-order valence-corrected chi connectivity index (χ2v) is 13.5. The number of hydrogen-bond acceptors (Lipinski definition) is 8. The number of imide groups is 1. The summed E-state index contributed by atoms with van der Waals surface area (Å²) in [5.74, 6) is -1.07. The first-order valence-electron chi connectivity index (χ1n) is 15.5. The van der Waals surface area contributed by atoms with E-state index in [1.54, 1.807) is 30.5 Å². The van der Waals surface area contributed by atoms with Gasteiger partial charge in [-0.15, -0.1) is 0 Å². The normalized spacial score (nSPS) is 22.8. The molecule has 0 bridgehead atoms. The molecule has 2 amide bonds. The molecule has 3 N–H and O–H groups in total. The van der Waals surface area contributed by atoms with Gasteiger partial charge in [-0.05, 0) is 112 Å². The third-order valence-electron chi connectivity index (χ3n) is 9.35. The molecule has 1 aromatic heterocycles. The summed E-state index contributed by atoms with van der Waals surface area (Å²) >= 11 is 2.09. The highest BCUT2D eigenvalue weighted by Gasteiger charge is 2.57. The smallest absolute Gasteiger partial charge is 0.488 e. The van der Waals surface area contributed by atoms with E-state index in [2.05, 4.69) is 47.5 Å². The van der Waals surface area contributed by atoms with E-state index in [-0.39, 0.29) is 41.0 Å². The van der Waals surface area contributed by atoms with Crippen LogP contribution in [0.3, 0.4) is 0 Å². The Morgan fingerprint density at radius 1 is 1.13 bits per heavy atom. The fourth-order valence-electron chi connectivity index (χ4n) is 7.19. The number of fused-ring (bicyclic) bond motifs is 3. The highest BCUT2D eigenvalue weighted by molar-refractivity contribution is 14.1. The van der Waals surface area contributed by atoms with Gasteiger partial charge in [0.2, 0.25) is 11.8 Å². The molecule has 2 aromatic carbocycles. The number of ether oxygens (including phenoxy) is 2. The zero-order chi connectivity index (χ0) is 32.7. The van der Waals surface area contributed by atoms with Crippen LogP contribution in [0.25, 0.3) is 11.6 Å². The van der Waals surface area contributed by atoms with Crippen molar-refractivity contribution in [2.75, 3.05) is 18.6 Å². The van der Waals surface area contributed by atoms with Crippen molar-refractivity contribution >= 4 is 64.3 Å². The number of phenolic OH excluding ortho intramolecular Hbond substituents is 1. The van der Waals surface area contributed by atoms with Crippen molar-refractivity contribution in [3.8, 4) is 11.5 Å². The molecule has 1 aliphatic carbocycles. The van der Waals surface area contributed by atoms with E-state index >= 15 is 0 Å². The van der Waals surface area contributed by atoms with Crippen molar-refractivity contribution < 1.29 is 34.2 Å². The minimum absolute atomic E-state index is 0.103. The van der Waals surface area contributed by atoms with Gasteiger partial charge in [0, 0.05) is 12.1 Å². The first kappa shape index (κ1) is 32.4. The van der Waals surface area contributed by atoms with Crippen LogP contribution in [0, 0.1) is 27.2 Å². The monoisotopic (exact) mass is 734 g/mol. The van der Waals surface area contributed by atoms with Gasteiger partial charge in [-0.2, -0.15) is 0 Å². The summed E-state index contributed by atoms with van der Waals surface area (Å²) < 4.78 is 12.5. The zero-order valence-corrected chi connectivity index (χ0v) is 28.0. The molecule has 2 aliphatic heterocycles. The van der Waals surface area contributed by atoms with Gasteiger partial charge >= 0.3 is 7.12 Å². The van der Waals surface area contributed by atoms with E-state index in [1.807, 2.05) is 24.3 Å². The molecule has 0 unspecified atom stereocenters. The molecule has 2 saturated heterocycles. The molecular formula is C35H36BIN2O7. The number of carbonyl (C=O) groups excluding carboxylic acids is 2. The molecule has 11 heteroatoms. The number of rotatable bonds is 9. The summed E-state index contributed by atoms with van der Waals surface area (Å²) in [6.45, 7) is 4.61. The van der Waals surface area contributed by atoms with Crippen molar-refractivity contribution in [1.29, 1.82) is 0 Å². The Labute approximate surface area is 282 Å². The number of carbonyl (C=O) groups is 2. The number of benzene rings is 2. The fraction of sp³-hybridized carbons (Fsp3) is 0.343. The molecule has 238 valence electrons. The summed E-state index contributed by atoms with van der Waals surface area (Å²) in [4.78, 5) is 33.6. The van der Waals surface area contributed by atoms with E-state index in [9.17, 15) is 24.7 Å². The number of allylic oxidation sites excluding steroid dienone is 2. The highest BCUT2D eigenvalue weighted by atomic mass is 127. The van der Waals surface area contributed by atoms with Crippen molar-refractivity contribution in [2.45, 2.75) is 39.2 Å². The quantitative estimate of drug-likeness (QED) is 0.126. The van der Waals surface area contributed by atoms with Crippen LogP contribution in [0.15, 0.2) is 71.9 Å². The van der Waals surface area contributed by atoms with Crippen LogP contribution >= 0.6 is 22.6 Å². The largest absolute Gasteiger partial charge is 0.504 e. The number of aromatic hydroxyl groups is 1. The Bertz CT molecular complexity index is 1730. The zero-order valence-electron chi connectivity index (χ0n) is 25.9. The van der Waals surface area contributed by atoms with Crippen LogP contribution in [0.2, 0.25) is 0 Å². The maximum absolute atomic E-state index is 14.0. The average Bonchev–Trinajstić information content (AvgIpc) is 3.58. The van der Waals surface area contributed by atoms with E-state index in [0.29, 0.717) is 40.9 Å². The Morgan fingerprint density at radius 3 is 2.63 bits per heavy atom. The molecule has 0 radical (unpaired) electrons. The van der Waals surface area contributed by atoms with E-state index in [1.165, 1.54) is 23.6 Å². The number of hydrogen-bond donors (Lipinski definition) is 3. The number of anilines is 1. The molecule has 9 nitrogen and oxygen atoms in total. The Hall–Kier alpha value is -3.52. The average molecular weight is 734 g/mol. The molecule has 2 fully saturated rings. The lowest BCUT2D eigenvalue weighted by atomic mass is 9.67. The van der Waals surface area contributed by atoms with Crippen molar-refractivity contribution in [1.82, 2.24) is 4.98 Å². The molecule has 4 atom stereocenters. The molecule has 3 aromatic rings. The standard InChI is InChI=1S/C35H36BIN2O7/c1-19(2)24-17-25-32(35(42)39(34(25)41)23-8-6-7-22(16-23)36(43)44)26-18-46-29(31(24)26)11-10-21(28-9-4-5-12-38-28)13-20-14-27(37)33(40)30(15-20)45-3/h4-9,12-16,19,25-26,29,32,40,43-44H,10-11,17-18H2,1-3H3/b21-13-/t25-,26+,29-,32-/m1/s1. The Morgan fingerprint density at radius 2 is 1.93 bits per heavy atom. The number of nitrogens with zero attached hydrogens (tertiary/aromatic N) is 2. The number of pyridine rings is 1. The first-order chi connectivity index (χ1) is 22.1. The molecule has 0 spiro atoms. The van der Waals surface area contributed by atoms with Crippen molar-refractivity contribution in [3.63, 3.8) is 0 Å². The summed E-state index contributed by atoms with van der Waals surface area (Å²) in [7, 11) is -0.177. The Kier molecular flexibility index (Phi) is 9.38. The minimum Gasteiger partial charge on any atom is -0.504 e. The van der Waals surface area contributed by atoms with Crippen LogP contribution in [0.4, 0.5) is 5.69 Å². The molecule has 6 rings (SSSR count). The summed E-state index contributed by atoms with van der Waals surface area (Å²) in [5, 5.41) is 29.7. The SMILES string of the molecule is COc1cc(/C=C(/CC[C@H]2OC[C@H]3C2=C(C(C)C)C[C@H]2C(=O)N(c4cccc(B(O)O)c4)C(=O)[C@H]23)c2ccccn2)cc(I)c1O. The summed E-state index contributed by atoms with van der Waals surface area (Å²) in [5.41, 5.74) is 5.60. The van der Waals surface area contributed by atoms with Crippen LogP contribution in [0.1, 0.15) is 44.4 Å². The van der Waals surface area contributed by atoms with Crippen LogP contribution < -0.4 is 15.1 Å².